The van der Waals surface area contributed by atoms with Crippen molar-refractivity contribution < 1.29 is 13.3 Å². The van der Waals surface area contributed by atoms with Gasteiger partial charge in [-0.2, -0.15) is 0 Å². The Kier molecular flexibility index (Phi) is 11.1. The summed E-state index contributed by atoms with van der Waals surface area (Å²) < 4.78 is 14.2. The van der Waals surface area contributed by atoms with E-state index >= 15 is 0 Å². The van der Waals surface area contributed by atoms with E-state index in [1.54, 1.807) is 31.1 Å². The Morgan fingerprint density at radius 2 is 1.13 bits per heavy atom. The molecule has 0 amide bonds. The highest BCUT2D eigenvalue weighted by Gasteiger charge is 2.04. The van der Waals surface area contributed by atoms with Crippen molar-refractivity contribution in [1.29, 1.82) is 5.41 Å². The van der Waals surface area contributed by atoms with Crippen molar-refractivity contribution in [3.05, 3.63) is 0 Å². The lowest BCUT2D eigenvalue weighted by molar-refractivity contribution is 0.163. The molecule has 0 bridgehead atoms. The van der Waals surface area contributed by atoms with Crippen LogP contribution in [0, 0.1) is 5.41 Å². The minimum absolute atomic E-state index is 0.519. The number of rotatable bonds is 3. The van der Waals surface area contributed by atoms with Crippen LogP contribution < -0.4 is 0 Å². The van der Waals surface area contributed by atoms with Crippen molar-refractivity contribution >= 4 is 15.5 Å². The molecule has 6 nitrogen and oxygen atoms in total. The predicted octanol–water partition coefficient (Wildman–Crippen LogP) is -0.313. The second kappa shape index (κ2) is 9.90. The standard InChI is InChI=1S/C5H13N3.C3H10O3Si/c1-7(2)5(6)8(3)4;1-4-7(5-2)6-3/h6H,1-4H3;7H,1-3H3. The van der Waals surface area contributed by atoms with Gasteiger partial charge in [-0.25, -0.2) is 0 Å². The van der Waals surface area contributed by atoms with Crippen LogP contribution >= 0.6 is 0 Å². The van der Waals surface area contributed by atoms with E-state index in [0.717, 1.165) is 0 Å². The summed E-state index contributed by atoms with van der Waals surface area (Å²) in [6.07, 6.45) is 0. The Morgan fingerprint density at radius 1 is 0.867 bits per heavy atom. The van der Waals surface area contributed by atoms with Crippen molar-refractivity contribution in [3.63, 3.8) is 0 Å². The molecule has 0 fully saturated rings. The van der Waals surface area contributed by atoms with Crippen LogP contribution in [0.1, 0.15) is 0 Å². The van der Waals surface area contributed by atoms with E-state index in [1.165, 1.54) is 0 Å². The molecule has 0 saturated carbocycles. The fourth-order valence-corrected chi connectivity index (χ4v) is 1.27. The van der Waals surface area contributed by atoms with E-state index in [9.17, 15) is 0 Å². The van der Waals surface area contributed by atoms with Crippen LogP contribution in [0.15, 0.2) is 0 Å². The predicted molar refractivity (Wildman–Crippen MR) is 63.3 cm³/mol. The summed E-state index contributed by atoms with van der Waals surface area (Å²) in [7, 11) is 10.4. The second-order valence-corrected chi connectivity index (χ2v) is 5.10. The zero-order valence-corrected chi connectivity index (χ0v) is 11.9. The lowest BCUT2D eigenvalue weighted by Crippen LogP contribution is -2.34. The Hall–Kier alpha value is -0.633. The largest absolute Gasteiger partial charge is 0.483 e. The third kappa shape index (κ3) is 9.67. The van der Waals surface area contributed by atoms with Crippen molar-refractivity contribution in [3.8, 4) is 0 Å². The molecule has 0 unspecified atom stereocenters. The van der Waals surface area contributed by atoms with Gasteiger partial charge in [-0.1, -0.05) is 0 Å². The average molecular weight is 237 g/mol. The van der Waals surface area contributed by atoms with Gasteiger partial charge >= 0.3 is 9.53 Å². The highest BCUT2D eigenvalue weighted by molar-refractivity contribution is 6.36. The first-order chi connectivity index (χ1) is 6.90. The van der Waals surface area contributed by atoms with Crippen LogP contribution in [-0.4, -0.2) is 74.8 Å². The molecule has 15 heavy (non-hydrogen) atoms. The van der Waals surface area contributed by atoms with E-state index in [2.05, 4.69) is 0 Å². The lowest BCUT2D eigenvalue weighted by atomic mass is 10.7. The van der Waals surface area contributed by atoms with Gasteiger partial charge in [-0.05, 0) is 0 Å². The second-order valence-electron chi connectivity index (χ2n) is 3.11. The summed E-state index contributed by atoms with van der Waals surface area (Å²) in [5.74, 6) is 0.519. The van der Waals surface area contributed by atoms with Crippen LogP contribution in [-0.2, 0) is 13.3 Å². The van der Waals surface area contributed by atoms with Crippen molar-refractivity contribution in [1.82, 2.24) is 9.80 Å². The van der Waals surface area contributed by atoms with E-state index in [4.69, 9.17) is 18.7 Å². The minimum Gasteiger partial charge on any atom is -0.379 e. The molecule has 1 N–H and O–H groups in total. The van der Waals surface area contributed by atoms with Crippen LogP contribution in [0.4, 0.5) is 0 Å². The topological polar surface area (TPSA) is 58.0 Å². The molecule has 0 aromatic rings. The Morgan fingerprint density at radius 3 is 1.13 bits per heavy atom. The molecule has 0 radical (unpaired) electrons. The summed E-state index contributed by atoms with van der Waals surface area (Å²) >= 11 is 0. The highest BCUT2D eigenvalue weighted by atomic mass is 28.3. The SMILES string of the molecule is CN(C)C(=N)N(C)C.CO[SiH](OC)OC. The summed E-state index contributed by atoms with van der Waals surface area (Å²) in [6.45, 7) is 0. The maximum atomic E-state index is 7.25. The fraction of sp³-hybridized carbons (Fsp3) is 0.875. The molecule has 0 heterocycles. The van der Waals surface area contributed by atoms with Crippen molar-refractivity contribution in [2.24, 2.45) is 0 Å². The summed E-state index contributed by atoms with van der Waals surface area (Å²) in [5, 5.41) is 7.25. The molecule has 92 valence electrons. The maximum absolute atomic E-state index is 7.25. The third-order valence-electron chi connectivity index (χ3n) is 1.42. The Bertz CT molecular complexity index is 148. The Balaban J connectivity index is 0. The normalized spacial score (nSPS) is 9.33. The fourth-order valence-electron chi connectivity index (χ4n) is 0.689. The molecule has 0 spiro atoms. The molecule has 0 aliphatic rings. The Labute approximate surface area is 94.2 Å². The molecule has 0 aliphatic heterocycles. The lowest BCUT2D eigenvalue weighted by Gasteiger charge is -2.19. The van der Waals surface area contributed by atoms with E-state index < -0.39 is 9.53 Å². The number of guanidine groups is 1. The molecule has 0 atom stereocenters. The van der Waals surface area contributed by atoms with Gasteiger partial charge in [0, 0.05) is 49.5 Å². The first kappa shape index (κ1) is 16.8. The van der Waals surface area contributed by atoms with Crippen LogP contribution in [0.25, 0.3) is 0 Å². The number of nitrogens with zero attached hydrogens (tertiary/aromatic N) is 2. The van der Waals surface area contributed by atoms with E-state index in [1.807, 2.05) is 28.2 Å². The monoisotopic (exact) mass is 237 g/mol. The van der Waals surface area contributed by atoms with Gasteiger partial charge in [0.2, 0.25) is 0 Å². The average Bonchev–Trinajstić information content (AvgIpc) is 2.20. The van der Waals surface area contributed by atoms with Crippen LogP contribution in [0.2, 0.25) is 0 Å². The smallest absolute Gasteiger partial charge is 0.379 e. The summed E-state index contributed by atoms with van der Waals surface area (Å²) in [5.41, 5.74) is 0. The molecular formula is C8H23N3O3Si. The van der Waals surface area contributed by atoms with E-state index in [0.29, 0.717) is 5.96 Å². The number of hydrogen-bond donors (Lipinski definition) is 1. The third-order valence-corrected chi connectivity index (χ3v) is 2.58. The van der Waals surface area contributed by atoms with Gasteiger partial charge in [0.05, 0.1) is 0 Å². The number of hydrogen-bond acceptors (Lipinski definition) is 4. The van der Waals surface area contributed by atoms with Gasteiger partial charge in [0.1, 0.15) is 0 Å². The van der Waals surface area contributed by atoms with Crippen molar-refractivity contribution in [2.75, 3.05) is 49.5 Å². The molecule has 0 aromatic carbocycles. The molecule has 0 aliphatic carbocycles. The van der Waals surface area contributed by atoms with Gasteiger partial charge in [-0.15, -0.1) is 0 Å². The zero-order chi connectivity index (χ0) is 12.4. The molecule has 0 rings (SSSR count). The van der Waals surface area contributed by atoms with Gasteiger partial charge < -0.3 is 23.1 Å². The minimum atomic E-state index is -1.67. The van der Waals surface area contributed by atoms with Crippen molar-refractivity contribution in [2.45, 2.75) is 0 Å². The molecule has 7 heteroatoms. The highest BCUT2D eigenvalue weighted by Crippen LogP contribution is 1.81. The maximum Gasteiger partial charge on any atom is 0.483 e. The molecule has 0 aromatic heterocycles. The summed E-state index contributed by atoms with van der Waals surface area (Å²) in [4.78, 5) is 3.50. The summed E-state index contributed by atoms with van der Waals surface area (Å²) in [6, 6.07) is 0. The molecular weight excluding hydrogens is 214 g/mol. The van der Waals surface area contributed by atoms with E-state index in [-0.39, 0.29) is 0 Å². The quantitative estimate of drug-likeness (QED) is 0.414. The van der Waals surface area contributed by atoms with Crippen LogP contribution in [0.3, 0.4) is 0 Å². The zero-order valence-electron chi connectivity index (χ0n) is 10.7. The van der Waals surface area contributed by atoms with Crippen LogP contribution in [0.5, 0.6) is 0 Å². The first-order valence-electron chi connectivity index (χ1n) is 4.42. The first-order valence-corrected chi connectivity index (χ1v) is 5.83. The van der Waals surface area contributed by atoms with Gasteiger partial charge in [0.25, 0.3) is 0 Å². The number of nitrogens with one attached hydrogen (secondary N) is 1. The van der Waals surface area contributed by atoms with Gasteiger partial charge in [-0.3, -0.25) is 5.41 Å². The van der Waals surface area contributed by atoms with Gasteiger partial charge in [0.15, 0.2) is 5.96 Å². The molecule has 0 saturated heterocycles.